The van der Waals surface area contributed by atoms with Crippen molar-refractivity contribution in [3.8, 4) is 11.5 Å². The lowest BCUT2D eigenvalue weighted by molar-refractivity contribution is -0.384. The van der Waals surface area contributed by atoms with E-state index in [1.807, 2.05) is 25.1 Å². The molecule has 0 aliphatic heterocycles. The second-order valence-corrected chi connectivity index (χ2v) is 9.07. The molecule has 0 aliphatic carbocycles. The average Bonchev–Trinajstić information content (AvgIpc) is 3.28. The third-order valence-electron chi connectivity index (χ3n) is 4.94. The summed E-state index contributed by atoms with van der Waals surface area (Å²) in [5.74, 6) is 0.543. The molecule has 0 spiro atoms. The van der Waals surface area contributed by atoms with Gasteiger partial charge in [-0.1, -0.05) is 23.7 Å². The van der Waals surface area contributed by atoms with E-state index in [0.29, 0.717) is 46.3 Å². The molecule has 4 aromatic rings. The number of nitrogens with zero attached hydrogens (tertiary/aromatic N) is 2. The van der Waals surface area contributed by atoms with Crippen LogP contribution in [0.1, 0.15) is 28.6 Å². The smallest absolute Gasteiger partial charge is 0.307 e. The van der Waals surface area contributed by atoms with Gasteiger partial charge in [0.25, 0.3) is 5.69 Å². The SMILES string of the molecule is CCOc1cc(/C=N/NC(=O)c2cc3cc([N+](=O)[O-])ccc3o2)cc(I)c1OCc1ccc(Cl)cc1. The number of furan rings is 1. The number of nitro benzene ring substituents is 1. The Morgan fingerprint density at radius 2 is 1.94 bits per heavy atom. The number of benzene rings is 3. The minimum atomic E-state index is -0.590. The van der Waals surface area contributed by atoms with Gasteiger partial charge in [-0.15, -0.1) is 0 Å². The van der Waals surface area contributed by atoms with E-state index in [4.69, 9.17) is 25.5 Å². The molecule has 0 atom stereocenters. The molecule has 184 valence electrons. The number of carbonyl (C=O) groups is 1. The number of carbonyl (C=O) groups excluding carboxylic acids is 1. The molecule has 11 heteroatoms. The molecule has 36 heavy (non-hydrogen) atoms. The van der Waals surface area contributed by atoms with Crippen LogP contribution in [0.5, 0.6) is 11.5 Å². The van der Waals surface area contributed by atoms with Crippen LogP contribution in [-0.2, 0) is 6.61 Å². The molecule has 1 N–H and O–H groups in total. The molecule has 1 amide bonds. The van der Waals surface area contributed by atoms with Crippen LogP contribution in [0.2, 0.25) is 5.02 Å². The van der Waals surface area contributed by atoms with Gasteiger partial charge < -0.3 is 13.9 Å². The van der Waals surface area contributed by atoms with E-state index in [1.54, 1.807) is 18.2 Å². The summed E-state index contributed by atoms with van der Waals surface area (Å²) in [6.45, 7) is 2.66. The number of ether oxygens (including phenoxy) is 2. The monoisotopic (exact) mass is 619 g/mol. The van der Waals surface area contributed by atoms with Gasteiger partial charge in [-0.3, -0.25) is 14.9 Å². The Morgan fingerprint density at radius 1 is 1.17 bits per heavy atom. The first kappa shape index (κ1) is 25.5. The fraction of sp³-hybridized carbons (Fsp3) is 0.120. The van der Waals surface area contributed by atoms with Gasteiger partial charge in [0.1, 0.15) is 12.2 Å². The highest BCUT2D eigenvalue weighted by Gasteiger charge is 2.15. The van der Waals surface area contributed by atoms with Crippen molar-refractivity contribution in [3.63, 3.8) is 0 Å². The fourth-order valence-electron chi connectivity index (χ4n) is 3.28. The maximum atomic E-state index is 12.4. The maximum absolute atomic E-state index is 12.4. The number of rotatable bonds is 9. The Morgan fingerprint density at radius 3 is 2.67 bits per heavy atom. The summed E-state index contributed by atoms with van der Waals surface area (Å²) < 4.78 is 18.0. The molecule has 0 fully saturated rings. The molecular formula is C25H19ClIN3O6. The van der Waals surface area contributed by atoms with E-state index >= 15 is 0 Å². The summed E-state index contributed by atoms with van der Waals surface area (Å²) in [7, 11) is 0. The van der Waals surface area contributed by atoms with Crippen molar-refractivity contribution in [1.82, 2.24) is 5.43 Å². The zero-order valence-electron chi connectivity index (χ0n) is 18.9. The van der Waals surface area contributed by atoms with Crippen LogP contribution >= 0.6 is 34.2 Å². The second-order valence-electron chi connectivity index (χ2n) is 7.47. The van der Waals surface area contributed by atoms with Crippen LogP contribution in [0.3, 0.4) is 0 Å². The second kappa shape index (κ2) is 11.4. The summed E-state index contributed by atoms with van der Waals surface area (Å²) >= 11 is 8.09. The van der Waals surface area contributed by atoms with Gasteiger partial charge in [-0.25, -0.2) is 5.43 Å². The van der Waals surface area contributed by atoms with E-state index in [0.717, 1.165) is 9.13 Å². The van der Waals surface area contributed by atoms with Gasteiger partial charge in [-0.2, -0.15) is 5.10 Å². The lowest BCUT2D eigenvalue weighted by atomic mass is 10.2. The highest BCUT2D eigenvalue weighted by molar-refractivity contribution is 14.1. The maximum Gasteiger partial charge on any atom is 0.307 e. The first-order valence-corrected chi connectivity index (χ1v) is 12.1. The van der Waals surface area contributed by atoms with Crippen molar-refractivity contribution in [2.75, 3.05) is 6.61 Å². The molecule has 4 rings (SSSR count). The Kier molecular flexibility index (Phi) is 8.06. The summed E-state index contributed by atoms with van der Waals surface area (Å²) in [6, 6.07) is 16.5. The zero-order chi connectivity index (χ0) is 25.7. The minimum absolute atomic E-state index is 0.0156. The standard InChI is InChI=1S/C25H19ClIN3O6/c1-2-34-22-10-16(9-20(27)24(22)35-14-15-3-5-18(26)6-4-15)13-28-29-25(31)23-12-17-11-19(30(32)33)7-8-21(17)36-23/h3-13H,2,14H2,1H3,(H,29,31)/b28-13+. The van der Waals surface area contributed by atoms with Crippen molar-refractivity contribution in [2.45, 2.75) is 13.5 Å². The lowest BCUT2D eigenvalue weighted by Gasteiger charge is -2.14. The van der Waals surface area contributed by atoms with Gasteiger partial charge in [0, 0.05) is 22.5 Å². The van der Waals surface area contributed by atoms with E-state index < -0.39 is 10.8 Å². The predicted octanol–water partition coefficient (Wildman–Crippen LogP) is 6.34. The molecule has 1 heterocycles. The van der Waals surface area contributed by atoms with Crippen molar-refractivity contribution >= 4 is 63.0 Å². The first-order valence-electron chi connectivity index (χ1n) is 10.7. The highest BCUT2D eigenvalue weighted by atomic mass is 127. The molecule has 3 aromatic carbocycles. The number of fused-ring (bicyclic) bond motifs is 1. The van der Waals surface area contributed by atoms with Crippen molar-refractivity contribution in [2.24, 2.45) is 5.10 Å². The van der Waals surface area contributed by atoms with Gasteiger partial charge in [-0.05, 0) is 77.0 Å². The molecule has 0 bridgehead atoms. The minimum Gasteiger partial charge on any atom is -0.490 e. The summed E-state index contributed by atoms with van der Waals surface area (Å²) in [5, 5.41) is 16.0. The number of nitro groups is 1. The van der Waals surface area contributed by atoms with Gasteiger partial charge in [0.2, 0.25) is 0 Å². The van der Waals surface area contributed by atoms with Crippen molar-refractivity contribution in [3.05, 3.63) is 96.3 Å². The number of hydrogen-bond acceptors (Lipinski definition) is 7. The Balaban J connectivity index is 1.46. The van der Waals surface area contributed by atoms with Crippen LogP contribution in [0, 0.1) is 13.7 Å². The normalized spacial score (nSPS) is 11.1. The average molecular weight is 620 g/mol. The largest absolute Gasteiger partial charge is 0.490 e. The quantitative estimate of drug-likeness (QED) is 0.101. The zero-order valence-corrected chi connectivity index (χ0v) is 21.8. The number of amides is 1. The van der Waals surface area contributed by atoms with E-state index in [2.05, 4.69) is 33.1 Å². The van der Waals surface area contributed by atoms with Gasteiger partial charge in [0.05, 0.1) is 21.3 Å². The highest BCUT2D eigenvalue weighted by Crippen LogP contribution is 2.34. The molecule has 0 saturated heterocycles. The third-order valence-corrected chi connectivity index (χ3v) is 6.00. The molecule has 0 saturated carbocycles. The van der Waals surface area contributed by atoms with Gasteiger partial charge >= 0.3 is 5.91 Å². The molecule has 0 unspecified atom stereocenters. The fourth-order valence-corrected chi connectivity index (χ4v) is 4.19. The van der Waals surface area contributed by atoms with E-state index in [1.165, 1.54) is 30.5 Å². The van der Waals surface area contributed by atoms with Crippen LogP contribution < -0.4 is 14.9 Å². The summed E-state index contributed by atoms with van der Waals surface area (Å²) in [4.78, 5) is 22.9. The van der Waals surface area contributed by atoms with E-state index in [9.17, 15) is 14.9 Å². The topological polar surface area (TPSA) is 116 Å². The number of hydrazone groups is 1. The lowest BCUT2D eigenvalue weighted by Crippen LogP contribution is -2.16. The predicted molar refractivity (Wildman–Crippen MR) is 144 cm³/mol. The number of nitrogens with one attached hydrogen (secondary N) is 1. The first-order chi connectivity index (χ1) is 17.3. The molecule has 9 nitrogen and oxygen atoms in total. The summed E-state index contributed by atoms with van der Waals surface area (Å²) in [5.41, 5.74) is 4.32. The number of hydrogen-bond donors (Lipinski definition) is 1. The number of non-ortho nitro benzene ring substituents is 1. The molecule has 0 radical (unpaired) electrons. The summed E-state index contributed by atoms with van der Waals surface area (Å²) in [6.07, 6.45) is 1.47. The molecular weight excluding hydrogens is 601 g/mol. The molecule has 1 aromatic heterocycles. The molecule has 0 aliphatic rings. The Bertz CT molecular complexity index is 1450. The van der Waals surface area contributed by atoms with Crippen LogP contribution in [0.15, 0.2) is 70.2 Å². The van der Waals surface area contributed by atoms with Gasteiger partial charge in [0.15, 0.2) is 17.3 Å². The Labute approximate surface area is 224 Å². The number of halogens is 2. The van der Waals surface area contributed by atoms with Crippen LogP contribution in [0.25, 0.3) is 11.0 Å². The van der Waals surface area contributed by atoms with Crippen molar-refractivity contribution < 1.29 is 23.6 Å². The van der Waals surface area contributed by atoms with Crippen LogP contribution in [-0.4, -0.2) is 23.7 Å². The van der Waals surface area contributed by atoms with E-state index in [-0.39, 0.29) is 11.4 Å². The van der Waals surface area contributed by atoms with Crippen LogP contribution in [0.4, 0.5) is 5.69 Å². The third kappa shape index (κ3) is 6.13. The van der Waals surface area contributed by atoms with Crippen molar-refractivity contribution in [1.29, 1.82) is 0 Å². The Hall–Kier alpha value is -3.64.